The third kappa shape index (κ3) is 3.43. The number of aromatic nitrogens is 4. The van der Waals surface area contributed by atoms with Crippen LogP contribution in [0, 0.1) is 5.82 Å². The lowest BCUT2D eigenvalue weighted by Crippen LogP contribution is -2.39. The fourth-order valence-corrected chi connectivity index (χ4v) is 3.97. The number of nitrogens with zero attached hydrogens (tertiary/aromatic N) is 5. The van der Waals surface area contributed by atoms with Crippen molar-refractivity contribution < 1.29 is 9.18 Å². The smallest absolute Gasteiger partial charge is 0.256 e. The Bertz CT molecular complexity index is 1210. The molecule has 0 N–H and O–H groups in total. The maximum absolute atomic E-state index is 14.1. The van der Waals surface area contributed by atoms with Gasteiger partial charge in [-0.05, 0) is 54.8 Å². The monoisotopic (exact) mass is 401 g/mol. The van der Waals surface area contributed by atoms with Crippen LogP contribution in [0.15, 0.2) is 67.1 Å². The summed E-state index contributed by atoms with van der Waals surface area (Å²) < 4.78 is 15.8. The number of fused-ring (bicyclic) bond motifs is 1. The molecular weight excluding hydrogens is 381 g/mol. The summed E-state index contributed by atoms with van der Waals surface area (Å²) in [6, 6.07) is 14.0. The largest absolute Gasteiger partial charge is 0.338 e. The lowest BCUT2D eigenvalue weighted by Gasteiger charge is -2.31. The van der Waals surface area contributed by atoms with Crippen LogP contribution in [0.2, 0.25) is 0 Å². The quantitative estimate of drug-likeness (QED) is 0.521. The van der Waals surface area contributed by atoms with Crippen molar-refractivity contribution in [3.8, 4) is 11.1 Å². The number of carbonyl (C=O) groups excluding carboxylic acids is 1. The van der Waals surface area contributed by atoms with Crippen molar-refractivity contribution in [3.05, 3.63) is 84.3 Å². The SMILES string of the molecule is O=C(c1ccccc1F)N1CCC[C@H](c2nc3ccc(-c4ccncc4)cn3n2)C1. The van der Waals surface area contributed by atoms with E-state index in [9.17, 15) is 9.18 Å². The molecule has 1 aliphatic heterocycles. The Labute approximate surface area is 173 Å². The fraction of sp³-hybridized carbons (Fsp3) is 0.217. The summed E-state index contributed by atoms with van der Waals surface area (Å²) in [4.78, 5) is 23.3. The molecule has 1 aliphatic rings. The highest BCUT2D eigenvalue weighted by Crippen LogP contribution is 2.27. The van der Waals surface area contributed by atoms with Gasteiger partial charge < -0.3 is 4.90 Å². The second-order valence-electron chi connectivity index (χ2n) is 7.50. The third-order valence-electron chi connectivity index (χ3n) is 5.54. The fourth-order valence-electron chi connectivity index (χ4n) is 3.97. The normalized spacial score (nSPS) is 16.7. The summed E-state index contributed by atoms with van der Waals surface area (Å²) in [5.41, 5.74) is 2.97. The molecule has 4 heterocycles. The topological polar surface area (TPSA) is 63.4 Å². The van der Waals surface area contributed by atoms with E-state index in [1.807, 2.05) is 30.5 Å². The van der Waals surface area contributed by atoms with Crippen LogP contribution in [0.1, 0.15) is 34.9 Å². The molecule has 150 valence electrons. The van der Waals surface area contributed by atoms with Crippen LogP contribution >= 0.6 is 0 Å². The standard InChI is InChI=1S/C23H20FN5O/c24-20-6-2-1-5-19(20)23(30)28-13-3-4-18(14-28)22-26-21-8-7-17(15-29(21)27-22)16-9-11-25-12-10-16/h1-2,5-12,15,18H,3-4,13-14H2/t18-/m0/s1. The average molecular weight is 401 g/mol. The third-order valence-corrected chi connectivity index (χ3v) is 5.54. The Balaban J connectivity index is 1.40. The zero-order chi connectivity index (χ0) is 20.5. The molecule has 30 heavy (non-hydrogen) atoms. The van der Waals surface area contributed by atoms with E-state index in [1.165, 1.54) is 12.1 Å². The molecule has 0 bridgehead atoms. The van der Waals surface area contributed by atoms with Crippen molar-refractivity contribution in [2.24, 2.45) is 0 Å². The van der Waals surface area contributed by atoms with Crippen LogP contribution in [0.25, 0.3) is 16.8 Å². The summed E-state index contributed by atoms with van der Waals surface area (Å²) in [5, 5.41) is 4.68. The predicted octanol–water partition coefficient (Wildman–Crippen LogP) is 3.95. The average Bonchev–Trinajstić information content (AvgIpc) is 3.23. The lowest BCUT2D eigenvalue weighted by atomic mass is 9.96. The van der Waals surface area contributed by atoms with Crippen LogP contribution in [-0.2, 0) is 0 Å². The second kappa shape index (κ2) is 7.67. The maximum Gasteiger partial charge on any atom is 0.256 e. The van der Waals surface area contributed by atoms with Gasteiger partial charge in [0.25, 0.3) is 5.91 Å². The number of carbonyl (C=O) groups is 1. The molecule has 6 nitrogen and oxygen atoms in total. The van der Waals surface area contributed by atoms with Crippen molar-refractivity contribution in [1.29, 1.82) is 0 Å². The van der Waals surface area contributed by atoms with Gasteiger partial charge in [-0.15, -0.1) is 0 Å². The molecule has 3 aromatic heterocycles. The number of amides is 1. The molecule has 1 saturated heterocycles. The molecule has 4 aromatic rings. The first kappa shape index (κ1) is 18.4. The number of hydrogen-bond acceptors (Lipinski definition) is 4. The molecule has 5 rings (SSSR count). The molecule has 1 aromatic carbocycles. The van der Waals surface area contributed by atoms with Crippen LogP contribution in [-0.4, -0.2) is 43.5 Å². The van der Waals surface area contributed by atoms with Crippen molar-refractivity contribution in [2.45, 2.75) is 18.8 Å². The minimum Gasteiger partial charge on any atom is -0.338 e. The molecular formula is C23H20FN5O. The van der Waals surface area contributed by atoms with Gasteiger partial charge in [0, 0.05) is 43.2 Å². The van der Waals surface area contributed by atoms with Gasteiger partial charge in [0.2, 0.25) is 0 Å². The van der Waals surface area contributed by atoms with E-state index in [1.54, 1.807) is 33.9 Å². The van der Waals surface area contributed by atoms with Gasteiger partial charge in [-0.25, -0.2) is 13.9 Å². The van der Waals surface area contributed by atoms with Crippen LogP contribution in [0.4, 0.5) is 4.39 Å². The van der Waals surface area contributed by atoms with E-state index in [2.05, 4.69) is 15.1 Å². The summed E-state index contributed by atoms with van der Waals surface area (Å²) in [7, 11) is 0. The molecule has 1 atom stereocenters. The second-order valence-corrected chi connectivity index (χ2v) is 7.50. The Morgan fingerprint density at radius 3 is 2.70 bits per heavy atom. The number of piperidine rings is 1. The highest BCUT2D eigenvalue weighted by Gasteiger charge is 2.29. The first-order valence-corrected chi connectivity index (χ1v) is 9.99. The number of pyridine rings is 2. The molecule has 0 saturated carbocycles. The minimum atomic E-state index is -0.487. The molecule has 0 unspecified atom stereocenters. The minimum absolute atomic E-state index is 0.0266. The van der Waals surface area contributed by atoms with E-state index in [-0.39, 0.29) is 17.4 Å². The van der Waals surface area contributed by atoms with Crippen molar-refractivity contribution >= 4 is 11.6 Å². The summed E-state index contributed by atoms with van der Waals surface area (Å²) in [6.45, 7) is 1.10. The van der Waals surface area contributed by atoms with Gasteiger partial charge in [0.15, 0.2) is 11.5 Å². The van der Waals surface area contributed by atoms with Crippen molar-refractivity contribution in [1.82, 2.24) is 24.5 Å². The highest BCUT2D eigenvalue weighted by atomic mass is 19.1. The molecule has 1 fully saturated rings. The highest BCUT2D eigenvalue weighted by molar-refractivity contribution is 5.94. The number of rotatable bonds is 3. The Hall–Kier alpha value is -3.61. The zero-order valence-corrected chi connectivity index (χ0v) is 16.3. The number of benzene rings is 1. The van der Waals surface area contributed by atoms with Crippen LogP contribution in [0.5, 0.6) is 0 Å². The van der Waals surface area contributed by atoms with Crippen LogP contribution in [0.3, 0.4) is 0 Å². The zero-order valence-electron chi connectivity index (χ0n) is 16.3. The van der Waals surface area contributed by atoms with E-state index < -0.39 is 5.82 Å². The van der Waals surface area contributed by atoms with Gasteiger partial charge >= 0.3 is 0 Å². The summed E-state index contributed by atoms with van der Waals surface area (Å²) in [6.07, 6.45) is 7.20. The van der Waals surface area contributed by atoms with E-state index >= 15 is 0 Å². The van der Waals surface area contributed by atoms with Crippen molar-refractivity contribution in [2.75, 3.05) is 13.1 Å². The number of hydrogen-bond donors (Lipinski definition) is 0. The molecule has 0 aliphatic carbocycles. The molecule has 1 amide bonds. The van der Waals surface area contributed by atoms with E-state index in [0.717, 1.165) is 29.6 Å². The molecule has 7 heteroatoms. The molecule has 0 radical (unpaired) electrons. The Morgan fingerprint density at radius 1 is 1.03 bits per heavy atom. The maximum atomic E-state index is 14.1. The summed E-state index contributed by atoms with van der Waals surface area (Å²) >= 11 is 0. The van der Waals surface area contributed by atoms with Gasteiger partial charge in [-0.1, -0.05) is 12.1 Å². The predicted molar refractivity (Wildman–Crippen MR) is 110 cm³/mol. The number of halogens is 1. The van der Waals surface area contributed by atoms with E-state index in [4.69, 9.17) is 0 Å². The lowest BCUT2D eigenvalue weighted by molar-refractivity contribution is 0.0700. The van der Waals surface area contributed by atoms with Gasteiger partial charge in [0.1, 0.15) is 5.82 Å². The Morgan fingerprint density at radius 2 is 1.87 bits per heavy atom. The van der Waals surface area contributed by atoms with Gasteiger partial charge in [-0.2, -0.15) is 5.10 Å². The molecule has 0 spiro atoms. The first-order chi connectivity index (χ1) is 14.7. The Kier molecular flexibility index (Phi) is 4.71. The van der Waals surface area contributed by atoms with E-state index in [0.29, 0.717) is 18.9 Å². The van der Waals surface area contributed by atoms with Gasteiger partial charge in [0.05, 0.1) is 5.56 Å². The number of likely N-dealkylation sites (tertiary alicyclic amines) is 1. The van der Waals surface area contributed by atoms with Gasteiger partial charge in [-0.3, -0.25) is 9.78 Å². The van der Waals surface area contributed by atoms with Crippen LogP contribution < -0.4 is 0 Å². The summed E-state index contributed by atoms with van der Waals surface area (Å²) in [5.74, 6) is -0.0210. The van der Waals surface area contributed by atoms with Crippen molar-refractivity contribution in [3.63, 3.8) is 0 Å². The first-order valence-electron chi connectivity index (χ1n) is 9.99.